The Morgan fingerprint density at radius 3 is 2.52 bits per heavy atom. The Hall–Kier alpha value is -1.95. The van der Waals surface area contributed by atoms with Gasteiger partial charge in [0.25, 0.3) is 5.92 Å². The second-order valence-electron chi connectivity index (χ2n) is 6.22. The molecule has 6 heteroatoms. The average molecular weight is 322 g/mol. The predicted octanol–water partition coefficient (Wildman–Crippen LogP) is 3.90. The Balaban J connectivity index is 1.82. The lowest BCUT2D eigenvalue weighted by Crippen LogP contribution is -2.38. The summed E-state index contributed by atoms with van der Waals surface area (Å²) in [6.45, 7) is 4.95. The first kappa shape index (κ1) is 15.9. The molecule has 0 radical (unpaired) electrons. The van der Waals surface area contributed by atoms with Crippen molar-refractivity contribution in [2.75, 3.05) is 13.1 Å². The number of halogens is 2. The number of likely N-dealkylation sites (tertiary alicyclic amines) is 1. The van der Waals surface area contributed by atoms with Crippen LogP contribution in [0.1, 0.15) is 29.9 Å². The van der Waals surface area contributed by atoms with Gasteiger partial charge in [0.1, 0.15) is 11.5 Å². The molecule has 0 atom stereocenters. The van der Waals surface area contributed by atoms with E-state index in [9.17, 15) is 13.9 Å². The van der Waals surface area contributed by atoms with Crippen molar-refractivity contribution >= 4 is 0 Å². The predicted molar refractivity (Wildman–Crippen MR) is 82.5 cm³/mol. The van der Waals surface area contributed by atoms with E-state index in [2.05, 4.69) is 5.16 Å². The number of benzene rings is 1. The lowest BCUT2D eigenvalue weighted by molar-refractivity contribution is -0.0566. The van der Waals surface area contributed by atoms with Crippen LogP contribution in [0.4, 0.5) is 8.78 Å². The fourth-order valence-corrected chi connectivity index (χ4v) is 3.10. The number of nitrogens with zero attached hydrogens (tertiary/aromatic N) is 2. The molecule has 1 aromatic carbocycles. The maximum Gasteiger partial charge on any atom is 0.250 e. The number of hydrogen-bond acceptors (Lipinski definition) is 4. The van der Waals surface area contributed by atoms with Crippen molar-refractivity contribution in [2.24, 2.45) is 0 Å². The van der Waals surface area contributed by atoms with Crippen LogP contribution in [-0.2, 0) is 6.54 Å². The molecule has 23 heavy (non-hydrogen) atoms. The largest absolute Gasteiger partial charge is 0.508 e. The standard InChI is InChI=1S/C17H20F2N2O2/c1-11-16(12(2)23-20-11)14-7-13(8-15(22)9-14)10-21-5-3-17(18,19)4-6-21/h7-9,22H,3-6,10H2,1-2H3. The van der Waals surface area contributed by atoms with Crippen LogP contribution >= 0.6 is 0 Å². The van der Waals surface area contributed by atoms with Gasteiger partial charge in [-0.1, -0.05) is 5.16 Å². The van der Waals surface area contributed by atoms with Crippen molar-refractivity contribution in [1.82, 2.24) is 10.1 Å². The quantitative estimate of drug-likeness (QED) is 0.931. The monoisotopic (exact) mass is 322 g/mol. The summed E-state index contributed by atoms with van der Waals surface area (Å²) >= 11 is 0. The third-order valence-corrected chi connectivity index (χ3v) is 4.29. The van der Waals surface area contributed by atoms with Crippen LogP contribution in [0.25, 0.3) is 11.1 Å². The lowest BCUT2D eigenvalue weighted by Gasteiger charge is -2.31. The van der Waals surface area contributed by atoms with Crippen LogP contribution < -0.4 is 0 Å². The van der Waals surface area contributed by atoms with Gasteiger partial charge in [0.05, 0.1) is 5.69 Å². The smallest absolute Gasteiger partial charge is 0.250 e. The number of rotatable bonds is 3. The highest BCUT2D eigenvalue weighted by Crippen LogP contribution is 2.32. The van der Waals surface area contributed by atoms with Gasteiger partial charge in [0, 0.05) is 38.0 Å². The van der Waals surface area contributed by atoms with Gasteiger partial charge in [-0.25, -0.2) is 8.78 Å². The lowest BCUT2D eigenvalue weighted by atomic mass is 10.00. The van der Waals surface area contributed by atoms with Crippen molar-refractivity contribution in [3.05, 3.63) is 35.2 Å². The summed E-state index contributed by atoms with van der Waals surface area (Å²) in [5.74, 6) is -1.70. The molecular weight excluding hydrogens is 302 g/mol. The molecule has 0 unspecified atom stereocenters. The van der Waals surface area contributed by atoms with Crippen LogP contribution in [-0.4, -0.2) is 34.2 Å². The van der Waals surface area contributed by atoms with Crippen molar-refractivity contribution in [2.45, 2.75) is 39.2 Å². The first-order valence-electron chi connectivity index (χ1n) is 7.70. The molecule has 1 aliphatic heterocycles. The summed E-state index contributed by atoms with van der Waals surface area (Å²) in [7, 11) is 0. The minimum atomic E-state index is -2.54. The van der Waals surface area contributed by atoms with E-state index in [4.69, 9.17) is 4.52 Å². The summed E-state index contributed by atoms with van der Waals surface area (Å²) in [5, 5.41) is 13.9. The second kappa shape index (κ2) is 5.92. The molecule has 1 saturated heterocycles. The van der Waals surface area contributed by atoms with E-state index in [0.29, 0.717) is 25.4 Å². The molecule has 1 aliphatic rings. The van der Waals surface area contributed by atoms with E-state index >= 15 is 0 Å². The zero-order valence-corrected chi connectivity index (χ0v) is 13.3. The van der Waals surface area contributed by atoms with Crippen LogP contribution in [0.5, 0.6) is 5.75 Å². The van der Waals surface area contributed by atoms with Crippen molar-refractivity contribution in [1.29, 1.82) is 0 Å². The van der Waals surface area contributed by atoms with E-state index in [-0.39, 0.29) is 18.6 Å². The number of aromatic hydroxyl groups is 1. The van der Waals surface area contributed by atoms with Gasteiger partial charge in [-0.15, -0.1) is 0 Å². The highest BCUT2D eigenvalue weighted by atomic mass is 19.3. The number of alkyl halides is 2. The zero-order valence-electron chi connectivity index (χ0n) is 13.3. The minimum Gasteiger partial charge on any atom is -0.508 e. The molecule has 1 aromatic heterocycles. The van der Waals surface area contributed by atoms with E-state index in [1.165, 1.54) is 0 Å². The maximum absolute atomic E-state index is 13.2. The Kier molecular flexibility index (Phi) is 4.10. The third kappa shape index (κ3) is 3.52. The Morgan fingerprint density at radius 2 is 1.91 bits per heavy atom. The molecule has 0 bridgehead atoms. The van der Waals surface area contributed by atoms with Crippen LogP contribution in [0.2, 0.25) is 0 Å². The highest BCUT2D eigenvalue weighted by Gasteiger charge is 2.33. The number of hydrogen-bond donors (Lipinski definition) is 1. The number of piperidine rings is 1. The SMILES string of the molecule is Cc1noc(C)c1-c1cc(O)cc(CN2CCC(F)(F)CC2)c1. The fraction of sp³-hybridized carbons (Fsp3) is 0.471. The molecule has 1 fully saturated rings. The van der Waals surface area contributed by atoms with Crippen LogP contribution in [0.3, 0.4) is 0 Å². The number of phenolic OH excluding ortho intramolecular Hbond substituents is 1. The minimum absolute atomic E-state index is 0.109. The number of aryl methyl sites for hydroxylation is 2. The topological polar surface area (TPSA) is 49.5 Å². The average Bonchev–Trinajstić information content (AvgIpc) is 2.80. The van der Waals surface area contributed by atoms with Gasteiger partial charge in [-0.3, -0.25) is 4.90 Å². The zero-order chi connectivity index (χ0) is 16.6. The molecule has 0 saturated carbocycles. The Morgan fingerprint density at radius 1 is 1.22 bits per heavy atom. The summed E-state index contributed by atoms with van der Waals surface area (Å²) in [6, 6.07) is 5.30. The molecule has 124 valence electrons. The molecule has 0 aliphatic carbocycles. The highest BCUT2D eigenvalue weighted by molar-refractivity contribution is 5.69. The van der Waals surface area contributed by atoms with E-state index in [1.807, 2.05) is 24.8 Å². The normalized spacial score (nSPS) is 18.3. The Labute approximate surface area is 133 Å². The molecule has 4 nitrogen and oxygen atoms in total. The van der Waals surface area contributed by atoms with Gasteiger partial charge in [-0.2, -0.15) is 0 Å². The van der Waals surface area contributed by atoms with Gasteiger partial charge < -0.3 is 9.63 Å². The molecular formula is C17H20F2N2O2. The fourth-order valence-electron chi connectivity index (χ4n) is 3.10. The molecule has 2 heterocycles. The van der Waals surface area contributed by atoms with E-state index in [1.54, 1.807) is 12.1 Å². The van der Waals surface area contributed by atoms with Crippen molar-refractivity contribution < 1.29 is 18.4 Å². The molecule has 2 aromatic rings. The number of phenols is 1. The molecule has 0 spiro atoms. The van der Waals surface area contributed by atoms with Crippen molar-refractivity contribution in [3.8, 4) is 16.9 Å². The summed E-state index contributed by atoms with van der Waals surface area (Å²) < 4.78 is 31.6. The van der Waals surface area contributed by atoms with Gasteiger partial charge >= 0.3 is 0 Å². The molecule has 0 amide bonds. The van der Waals surface area contributed by atoms with Gasteiger partial charge in [0.15, 0.2) is 0 Å². The van der Waals surface area contributed by atoms with Gasteiger partial charge in [-0.05, 0) is 43.2 Å². The van der Waals surface area contributed by atoms with Gasteiger partial charge in [0.2, 0.25) is 0 Å². The van der Waals surface area contributed by atoms with E-state index in [0.717, 1.165) is 22.4 Å². The number of aromatic nitrogens is 1. The maximum atomic E-state index is 13.2. The molecule has 1 N–H and O–H groups in total. The van der Waals surface area contributed by atoms with E-state index < -0.39 is 5.92 Å². The Bertz CT molecular complexity index is 683. The van der Waals surface area contributed by atoms with Crippen LogP contribution in [0.15, 0.2) is 22.7 Å². The summed E-state index contributed by atoms with van der Waals surface area (Å²) in [6.07, 6.45) is -0.217. The van der Waals surface area contributed by atoms with Crippen LogP contribution in [0, 0.1) is 13.8 Å². The summed E-state index contributed by atoms with van der Waals surface area (Å²) in [5.41, 5.74) is 3.35. The summed E-state index contributed by atoms with van der Waals surface area (Å²) in [4.78, 5) is 1.99. The first-order valence-corrected chi connectivity index (χ1v) is 7.70. The van der Waals surface area contributed by atoms with Crippen molar-refractivity contribution in [3.63, 3.8) is 0 Å². The molecule has 3 rings (SSSR count). The third-order valence-electron chi connectivity index (χ3n) is 4.29. The second-order valence-corrected chi connectivity index (χ2v) is 6.22. The first-order chi connectivity index (χ1) is 10.8.